The molecule has 0 bridgehead atoms. The van der Waals surface area contributed by atoms with Gasteiger partial charge in [-0.25, -0.2) is 0 Å². The summed E-state index contributed by atoms with van der Waals surface area (Å²) in [5, 5.41) is 28.7. The number of aliphatic hydroxyl groups excluding tert-OH is 2. The highest BCUT2D eigenvalue weighted by Gasteiger charge is 2.20. The van der Waals surface area contributed by atoms with Crippen LogP contribution in [0.2, 0.25) is 0 Å². The number of hydrogen-bond donors (Lipinski definition) is 4. The third kappa shape index (κ3) is 5.06. The summed E-state index contributed by atoms with van der Waals surface area (Å²) < 4.78 is 0. The van der Waals surface area contributed by atoms with E-state index >= 15 is 0 Å². The second kappa shape index (κ2) is 5.08. The topological polar surface area (TPSA) is 89.8 Å². The van der Waals surface area contributed by atoms with Gasteiger partial charge in [0.05, 0.1) is 6.10 Å². The Morgan fingerprint density at radius 3 is 2.17 bits per heavy atom. The second-order valence-electron chi connectivity index (χ2n) is 2.82. The number of carboxylic acids is 1. The largest absolute Gasteiger partial charge is 0.480 e. The molecule has 0 aromatic carbocycles. The SMILES string of the molecule is CC(O)CC(NC(C)O)C(=O)O. The van der Waals surface area contributed by atoms with Crippen LogP contribution in [0.1, 0.15) is 20.3 Å². The van der Waals surface area contributed by atoms with Crippen molar-refractivity contribution >= 4 is 5.97 Å². The number of aliphatic hydroxyl groups is 2. The lowest BCUT2D eigenvalue weighted by atomic mass is 10.1. The normalized spacial score (nSPS) is 18.3. The quantitative estimate of drug-likeness (QED) is 0.410. The first-order chi connectivity index (χ1) is 5.43. The third-order valence-corrected chi connectivity index (χ3v) is 1.32. The Labute approximate surface area is 71.0 Å². The van der Waals surface area contributed by atoms with Crippen LogP contribution in [-0.2, 0) is 4.79 Å². The van der Waals surface area contributed by atoms with E-state index in [-0.39, 0.29) is 6.42 Å². The lowest BCUT2D eigenvalue weighted by Gasteiger charge is -2.17. The summed E-state index contributed by atoms with van der Waals surface area (Å²) in [5.41, 5.74) is 0. The van der Waals surface area contributed by atoms with Crippen molar-refractivity contribution in [2.45, 2.75) is 38.6 Å². The molecule has 5 nitrogen and oxygen atoms in total. The average molecular weight is 177 g/mol. The molecule has 3 unspecified atom stereocenters. The fourth-order valence-electron chi connectivity index (χ4n) is 0.872. The smallest absolute Gasteiger partial charge is 0.320 e. The number of hydrogen-bond acceptors (Lipinski definition) is 4. The minimum atomic E-state index is -1.07. The molecule has 0 aromatic heterocycles. The molecule has 0 amide bonds. The second-order valence-corrected chi connectivity index (χ2v) is 2.82. The average Bonchev–Trinajstić information content (AvgIpc) is 1.83. The van der Waals surface area contributed by atoms with Crippen LogP contribution in [0.3, 0.4) is 0 Å². The van der Waals surface area contributed by atoms with Crippen molar-refractivity contribution < 1.29 is 20.1 Å². The van der Waals surface area contributed by atoms with E-state index in [1.165, 1.54) is 13.8 Å². The maximum atomic E-state index is 10.5. The van der Waals surface area contributed by atoms with Gasteiger partial charge in [-0.05, 0) is 20.3 Å². The van der Waals surface area contributed by atoms with E-state index in [4.69, 9.17) is 15.3 Å². The Bertz CT molecular complexity index is 136. The summed E-state index contributed by atoms with van der Waals surface area (Å²) in [7, 11) is 0. The minimum absolute atomic E-state index is 0.0836. The van der Waals surface area contributed by atoms with Crippen LogP contribution >= 0.6 is 0 Å². The van der Waals surface area contributed by atoms with E-state index < -0.39 is 24.3 Å². The molecule has 0 aromatic rings. The Balaban J connectivity index is 3.96. The van der Waals surface area contributed by atoms with Gasteiger partial charge in [0, 0.05) is 0 Å². The molecule has 0 aliphatic rings. The van der Waals surface area contributed by atoms with Crippen LogP contribution in [0.25, 0.3) is 0 Å². The zero-order valence-electron chi connectivity index (χ0n) is 7.19. The number of aliphatic carboxylic acids is 1. The first-order valence-electron chi connectivity index (χ1n) is 3.78. The molecule has 0 spiro atoms. The summed E-state index contributed by atoms with van der Waals surface area (Å²) >= 11 is 0. The highest BCUT2D eigenvalue weighted by atomic mass is 16.4. The van der Waals surface area contributed by atoms with Gasteiger partial charge >= 0.3 is 5.97 Å². The highest BCUT2D eigenvalue weighted by molar-refractivity contribution is 5.73. The van der Waals surface area contributed by atoms with Crippen LogP contribution in [0, 0.1) is 0 Å². The highest BCUT2D eigenvalue weighted by Crippen LogP contribution is 1.98. The summed E-state index contributed by atoms with van der Waals surface area (Å²) in [6.45, 7) is 2.93. The Hall–Kier alpha value is -0.650. The molecule has 72 valence electrons. The molecule has 0 aliphatic carbocycles. The molecule has 0 saturated heterocycles. The van der Waals surface area contributed by atoms with E-state index in [1.54, 1.807) is 0 Å². The van der Waals surface area contributed by atoms with E-state index in [0.717, 1.165) is 0 Å². The molecule has 0 heterocycles. The number of nitrogens with one attached hydrogen (secondary N) is 1. The van der Waals surface area contributed by atoms with Gasteiger partial charge in [-0.1, -0.05) is 0 Å². The molecule has 0 radical (unpaired) electrons. The molecule has 0 saturated carbocycles. The monoisotopic (exact) mass is 177 g/mol. The van der Waals surface area contributed by atoms with Crippen LogP contribution in [0.5, 0.6) is 0 Å². The summed E-state index contributed by atoms with van der Waals surface area (Å²) in [4.78, 5) is 10.5. The molecular weight excluding hydrogens is 162 g/mol. The summed E-state index contributed by atoms with van der Waals surface area (Å²) in [6, 6.07) is -0.898. The minimum Gasteiger partial charge on any atom is -0.480 e. The first-order valence-corrected chi connectivity index (χ1v) is 3.78. The van der Waals surface area contributed by atoms with Gasteiger partial charge in [0.2, 0.25) is 0 Å². The molecule has 12 heavy (non-hydrogen) atoms. The lowest BCUT2D eigenvalue weighted by molar-refractivity contribution is -0.141. The number of rotatable bonds is 5. The van der Waals surface area contributed by atoms with Gasteiger partial charge in [0.15, 0.2) is 0 Å². The van der Waals surface area contributed by atoms with Gasteiger partial charge in [-0.2, -0.15) is 0 Å². The van der Waals surface area contributed by atoms with Crippen molar-refractivity contribution in [3.8, 4) is 0 Å². The van der Waals surface area contributed by atoms with Gasteiger partial charge in [-0.3, -0.25) is 10.1 Å². The van der Waals surface area contributed by atoms with Crippen molar-refractivity contribution in [1.82, 2.24) is 5.32 Å². The third-order valence-electron chi connectivity index (χ3n) is 1.32. The van der Waals surface area contributed by atoms with Gasteiger partial charge in [0.1, 0.15) is 12.3 Å². The fourth-order valence-corrected chi connectivity index (χ4v) is 0.872. The predicted molar refractivity (Wildman–Crippen MR) is 42.5 cm³/mol. The van der Waals surface area contributed by atoms with Gasteiger partial charge in [0.25, 0.3) is 0 Å². The zero-order valence-corrected chi connectivity index (χ0v) is 7.19. The maximum absolute atomic E-state index is 10.5. The lowest BCUT2D eigenvalue weighted by Crippen LogP contribution is -2.43. The van der Waals surface area contributed by atoms with Crippen LogP contribution in [0.15, 0.2) is 0 Å². The van der Waals surface area contributed by atoms with E-state index in [9.17, 15) is 4.79 Å². The Morgan fingerprint density at radius 1 is 1.42 bits per heavy atom. The van der Waals surface area contributed by atoms with Crippen molar-refractivity contribution in [3.63, 3.8) is 0 Å². The van der Waals surface area contributed by atoms with Gasteiger partial charge < -0.3 is 15.3 Å². The van der Waals surface area contributed by atoms with Crippen molar-refractivity contribution in [3.05, 3.63) is 0 Å². The molecule has 3 atom stereocenters. The molecular formula is C7H15NO4. The van der Waals surface area contributed by atoms with E-state index in [2.05, 4.69) is 5.32 Å². The Kier molecular flexibility index (Phi) is 4.80. The standard InChI is InChI=1S/C7H15NO4/c1-4(9)3-6(7(11)12)8-5(2)10/h4-6,8-10H,3H2,1-2H3,(H,11,12). The van der Waals surface area contributed by atoms with E-state index in [1.807, 2.05) is 0 Å². The van der Waals surface area contributed by atoms with Crippen LogP contribution < -0.4 is 5.32 Å². The number of carbonyl (C=O) groups is 1. The zero-order chi connectivity index (χ0) is 9.72. The fraction of sp³-hybridized carbons (Fsp3) is 0.857. The van der Waals surface area contributed by atoms with E-state index in [0.29, 0.717) is 0 Å². The maximum Gasteiger partial charge on any atom is 0.320 e. The van der Waals surface area contributed by atoms with Crippen molar-refractivity contribution in [2.75, 3.05) is 0 Å². The number of carboxylic acid groups (broad SMARTS) is 1. The predicted octanol–water partition coefficient (Wildman–Crippen LogP) is -0.862. The van der Waals surface area contributed by atoms with Crippen molar-refractivity contribution in [1.29, 1.82) is 0 Å². The first kappa shape index (κ1) is 11.4. The molecule has 0 rings (SSSR count). The summed E-state index contributed by atoms with van der Waals surface area (Å²) in [6.07, 6.45) is -1.50. The Morgan fingerprint density at radius 2 is 1.92 bits per heavy atom. The van der Waals surface area contributed by atoms with Gasteiger partial charge in [-0.15, -0.1) is 0 Å². The summed E-state index contributed by atoms with van der Waals surface area (Å²) in [5.74, 6) is -1.07. The molecule has 5 heteroatoms. The van der Waals surface area contributed by atoms with Crippen LogP contribution in [-0.4, -0.2) is 39.7 Å². The van der Waals surface area contributed by atoms with Crippen molar-refractivity contribution in [2.24, 2.45) is 0 Å². The van der Waals surface area contributed by atoms with Crippen LogP contribution in [0.4, 0.5) is 0 Å². The molecule has 0 aliphatic heterocycles. The molecule has 0 fully saturated rings. The molecule has 4 N–H and O–H groups in total.